The number of urea groups is 1. The Labute approximate surface area is 188 Å². The first-order valence-corrected chi connectivity index (χ1v) is 12.1. The molecule has 3 rings (SSSR count). The molecule has 0 aromatic heterocycles. The van der Waals surface area contributed by atoms with Crippen molar-refractivity contribution in [1.29, 1.82) is 0 Å². The topological polar surface area (TPSA) is 125 Å². The van der Waals surface area contributed by atoms with Crippen LogP contribution in [0.3, 0.4) is 0 Å². The molecule has 0 aliphatic carbocycles. The SMILES string of the molecule is CC(C)CC[C@@]1(C)NC(=O)N(CC(=O)Nc2ccc(S(=O)(=O)N3CCOCC3)cc2)C1=O. The van der Waals surface area contributed by atoms with Crippen LogP contribution in [0.4, 0.5) is 10.5 Å². The fraction of sp³-hybridized carbons (Fsp3) is 0.571. The summed E-state index contributed by atoms with van der Waals surface area (Å²) < 4.78 is 31.9. The lowest BCUT2D eigenvalue weighted by Crippen LogP contribution is -2.44. The van der Waals surface area contributed by atoms with Crippen LogP contribution in [0.2, 0.25) is 0 Å². The van der Waals surface area contributed by atoms with Gasteiger partial charge in [0, 0.05) is 18.8 Å². The van der Waals surface area contributed by atoms with Gasteiger partial charge in [0.05, 0.1) is 18.1 Å². The molecule has 1 aromatic rings. The molecule has 1 atom stereocenters. The molecule has 2 heterocycles. The predicted molar refractivity (Wildman–Crippen MR) is 117 cm³/mol. The molecule has 2 aliphatic rings. The summed E-state index contributed by atoms with van der Waals surface area (Å²) >= 11 is 0. The number of nitrogens with zero attached hydrogens (tertiary/aromatic N) is 2. The summed E-state index contributed by atoms with van der Waals surface area (Å²) in [5.74, 6) is -0.598. The Bertz CT molecular complexity index is 973. The van der Waals surface area contributed by atoms with Gasteiger partial charge in [0.1, 0.15) is 12.1 Å². The van der Waals surface area contributed by atoms with Crippen molar-refractivity contribution in [3.8, 4) is 0 Å². The quantitative estimate of drug-likeness (QED) is 0.558. The minimum atomic E-state index is -3.63. The van der Waals surface area contributed by atoms with Gasteiger partial charge in [-0.15, -0.1) is 0 Å². The van der Waals surface area contributed by atoms with Crippen molar-refractivity contribution in [2.24, 2.45) is 5.92 Å². The van der Waals surface area contributed by atoms with Crippen LogP contribution >= 0.6 is 0 Å². The van der Waals surface area contributed by atoms with E-state index in [4.69, 9.17) is 4.74 Å². The Balaban J connectivity index is 1.60. The Morgan fingerprint density at radius 1 is 1.19 bits per heavy atom. The van der Waals surface area contributed by atoms with E-state index in [9.17, 15) is 22.8 Å². The Morgan fingerprint density at radius 3 is 2.41 bits per heavy atom. The van der Waals surface area contributed by atoms with E-state index < -0.39 is 40.0 Å². The molecule has 4 amide bonds. The minimum Gasteiger partial charge on any atom is -0.379 e. The Kier molecular flexibility index (Phi) is 7.21. The molecule has 2 fully saturated rings. The summed E-state index contributed by atoms with van der Waals surface area (Å²) in [7, 11) is -3.63. The molecule has 2 N–H and O–H groups in total. The van der Waals surface area contributed by atoms with Gasteiger partial charge in [0.25, 0.3) is 5.91 Å². The van der Waals surface area contributed by atoms with Crippen LogP contribution in [-0.4, -0.2) is 73.9 Å². The largest absolute Gasteiger partial charge is 0.379 e. The molecule has 32 heavy (non-hydrogen) atoms. The average Bonchev–Trinajstić information content (AvgIpc) is 2.96. The van der Waals surface area contributed by atoms with Crippen LogP contribution in [0.1, 0.15) is 33.6 Å². The number of anilines is 1. The number of nitrogens with one attached hydrogen (secondary N) is 2. The molecule has 0 spiro atoms. The molecular weight excluding hydrogens is 436 g/mol. The number of benzene rings is 1. The lowest BCUT2D eigenvalue weighted by atomic mass is 9.92. The molecular formula is C21H30N4O6S. The lowest BCUT2D eigenvalue weighted by molar-refractivity contribution is -0.133. The number of carbonyl (C=O) groups excluding carboxylic acids is 3. The number of morpholine rings is 1. The summed E-state index contributed by atoms with van der Waals surface area (Å²) in [5, 5.41) is 5.29. The van der Waals surface area contributed by atoms with Gasteiger partial charge in [-0.25, -0.2) is 13.2 Å². The predicted octanol–water partition coefficient (Wildman–Crippen LogP) is 1.39. The number of ether oxygens (including phenoxy) is 1. The molecule has 2 aliphatic heterocycles. The van der Waals surface area contributed by atoms with Gasteiger partial charge in [-0.1, -0.05) is 13.8 Å². The molecule has 0 bridgehead atoms. The van der Waals surface area contributed by atoms with E-state index in [1.807, 2.05) is 13.8 Å². The highest BCUT2D eigenvalue weighted by atomic mass is 32.2. The maximum Gasteiger partial charge on any atom is 0.325 e. The normalized spacial score (nSPS) is 22.3. The molecule has 2 saturated heterocycles. The zero-order chi connectivity index (χ0) is 23.5. The summed E-state index contributed by atoms with van der Waals surface area (Å²) in [6.07, 6.45) is 1.26. The third-order valence-corrected chi connectivity index (χ3v) is 7.53. The van der Waals surface area contributed by atoms with Gasteiger partial charge < -0.3 is 15.4 Å². The molecule has 11 heteroatoms. The molecule has 1 aromatic carbocycles. The van der Waals surface area contributed by atoms with E-state index in [2.05, 4.69) is 10.6 Å². The standard InChI is InChI=1S/C21H30N4O6S/c1-15(2)8-9-21(3)19(27)25(20(28)23-21)14-18(26)22-16-4-6-17(7-5-16)32(29,30)24-10-12-31-13-11-24/h4-7,15H,8-14H2,1-3H3,(H,22,26)(H,23,28)/t21-/m1/s1. The molecule has 10 nitrogen and oxygen atoms in total. The highest BCUT2D eigenvalue weighted by Crippen LogP contribution is 2.25. The maximum atomic E-state index is 12.7. The van der Waals surface area contributed by atoms with Gasteiger partial charge in [0.2, 0.25) is 15.9 Å². The third kappa shape index (κ3) is 5.28. The van der Waals surface area contributed by atoms with Crippen molar-refractivity contribution in [2.75, 3.05) is 38.2 Å². The van der Waals surface area contributed by atoms with Crippen LogP contribution in [0.15, 0.2) is 29.2 Å². The van der Waals surface area contributed by atoms with Crippen LogP contribution in [0, 0.1) is 5.92 Å². The maximum absolute atomic E-state index is 12.7. The summed E-state index contributed by atoms with van der Waals surface area (Å²) in [6.45, 7) is 6.61. The number of hydrogen-bond donors (Lipinski definition) is 2. The summed E-state index contributed by atoms with van der Waals surface area (Å²) in [4.78, 5) is 38.5. The summed E-state index contributed by atoms with van der Waals surface area (Å²) in [6, 6.07) is 5.19. The number of rotatable bonds is 8. The van der Waals surface area contributed by atoms with Crippen molar-refractivity contribution < 1.29 is 27.5 Å². The van der Waals surface area contributed by atoms with Crippen molar-refractivity contribution in [3.63, 3.8) is 0 Å². The van der Waals surface area contributed by atoms with E-state index in [-0.39, 0.29) is 4.90 Å². The average molecular weight is 467 g/mol. The second-order valence-corrected chi connectivity index (χ2v) is 10.6. The number of amides is 4. The molecule has 176 valence electrons. The van der Waals surface area contributed by atoms with Gasteiger partial charge in [-0.2, -0.15) is 4.31 Å². The van der Waals surface area contributed by atoms with E-state index in [0.717, 1.165) is 11.3 Å². The van der Waals surface area contributed by atoms with Crippen molar-refractivity contribution in [3.05, 3.63) is 24.3 Å². The molecule has 0 saturated carbocycles. The fourth-order valence-electron chi connectivity index (χ4n) is 3.63. The zero-order valence-corrected chi connectivity index (χ0v) is 19.4. The summed E-state index contributed by atoms with van der Waals surface area (Å²) in [5.41, 5.74) is -0.650. The first kappa shape index (κ1) is 24.1. The lowest BCUT2D eigenvalue weighted by Gasteiger charge is -2.26. The second-order valence-electron chi connectivity index (χ2n) is 8.68. The van der Waals surface area contributed by atoms with Crippen LogP contribution in [0.5, 0.6) is 0 Å². The van der Waals surface area contributed by atoms with Gasteiger partial charge in [-0.3, -0.25) is 14.5 Å². The van der Waals surface area contributed by atoms with Gasteiger partial charge >= 0.3 is 6.03 Å². The van der Waals surface area contributed by atoms with Crippen LogP contribution in [0.25, 0.3) is 0 Å². The highest BCUT2D eigenvalue weighted by Gasteiger charge is 2.47. The molecule has 0 unspecified atom stereocenters. The van der Waals surface area contributed by atoms with Gasteiger partial charge in [0.15, 0.2) is 0 Å². The number of hydrogen-bond acceptors (Lipinski definition) is 6. The number of imide groups is 1. The first-order chi connectivity index (χ1) is 15.0. The number of sulfonamides is 1. The smallest absolute Gasteiger partial charge is 0.325 e. The van der Waals surface area contributed by atoms with Crippen molar-refractivity contribution >= 4 is 33.6 Å². The Morgan fingerprint density at radius 2 is 1.81 bits per heavy atom. The monoisotopic (exact) mass is 466 g/mol. The van der Waals surface area contributed by atoms with E-state index in [0.29, 0.717) is 44.3 Å². The van der Waals surface area contributed by atoms with Crippen LogP contribution in [-0.2, 0) is 24.3 Å². The van der Waals surface area contributed by atoms with Crippen molar-refractivity contribution in [2.45, 2.75) is 44.0 Å². The highest BCUT2D eigenvalue weighted by molar-refractivity contribution is 7.89. The van der Waals surface area contributed by atoms with Crippen molar-refractivity contribution in [1.82, 2.24) is 14.5 Å². The number of carbonyl (C=O) groups is 3. The van der Waals surface area contributed by atoms with Crippen LogP contribution < -0.4 is 10.6 Å². The van der Waals surface area contributed by atoms with Gasteiger partial charge in [-0.05, 0) is 49.9 Å². The Hall–Kier alpha value is -2.50. The minimum absolute atomic E-state index is 0.118. The fourth-order valence-corrected chi connectivity index (χ4v) is 5.04. The first-order valence-electron chi connectivity index (χ1n) is 10.6. The van der Waals surface area contributed by atoms with E-state index in [1.54, 1.807) is 6.92 Å². The third-order valence-electron chi connectivity index (χ3n) is 5.61. The second kappa shape index (κ2) is 9.55. The van der Waals surface area contributed by atoms with E-state index in [1.165, 1.54) is 28.6 Å². The zero-order valence-electron chi connectivity index (χ0n) is 18.6. The van der Waals surface area contributed by atoms with E-state index >= 15 is 0 Å². The molecule has 0 radical (unpaired) electrons.